The third kappa shape index (κ3) is 5.20. The number of fused-ring (bicyclic) bond motifs is 1. The molecule has 2 fully saturated rings. The first kappa shape index (κ1) is 24.0. The van der Waals surface area contributed by atoms with Crippen molar-refractivity contribution < 1.29 is 19.1 Å². The lowest BCUT2D eigenvalue weighted by atomic mass is 9.68. The van der Waals surface area contributed by atoms with E-state index >= 15 is 0 Å². The van der Waals surface area contributed by atoms with Crippen LogP contribution < -0.4 is 0 Å². The van der Waals surface area contributed by atoms with Crippen LogP contribution in [0.1, 0.15) is 89.9 Å². The SMILES string of the molecule is COC(=O)[C@]12CCCCC=C1N(CCC1=CCCCC1)C(=O)[C@H](CC(=O)N1CCCCC1)C2. The van der Waals surface area contributed by atoms with E-state index in [1.165, 1.54) is 25.5 Å². The minimum atomic E-state index is -0.813. The number of ether oxygens (including phenoxy) is 1. The van der Waals surface area contributed by atoms with Gasteiger partial charge in [-0.1, -0.05) is 24.1 Å². The van der Waals surface area contributed by atoms with Crippen molar-refractivity contribution in [3.8, 4) is 0 Å². The van der Waals surface area contributed by atoms with Gasteiger partial charge in [-0.25, -0.2) is 0 Å². The molecule has 0 N–H and O–H groups in total. The first-order valence-corrected chi connectivity index (χ1v) is 13.1. The Hall–Kier alpha value is -2.11. The molecule has 0 spiro atoms. The van der Waals surface area contributed by atoms with Crippen LogP contribution in [0.15, 0.2) is 23.4 Å². The third-order valence-electron chi connectivity index (χ3n) is 8.13. The number of carbonyl (C=O) groups excluding carboxylic acids is 3. The van der Waals surface area contributed by atoms with Crippen LogP contribution in [-0.4, -0.2) is 54.3 Å². The van der Waals surface area contributed by atoms with E-state index < -0.39 is 11.3 Å². The van der Waals surface area contributed by atoms with Gasteiger partial charge in [-0.3, -0.25) is 14.4 Å². The molecule has 2 atom stereocenters. The zero-order valence-corrected chi connectivity index (χ0v) is 20.3. The number of likely N-dealkylation sites (tertiary alicyclic amines) is 2. The molecule has 2 aliphatic heterocycles. The van der Waals surface area contributed by atoms with Crippen molar-refractivity contribution in [3.05, 3.63) is 23.4 Å². The van der Waals surface area contributed by atoms with Crippen LogP contribution in [0.2, 0.25) is 0 Å². The van der Waals surface area contributed by atoms with Crippen LogP contribution in [0.5, 0.6) is 0 Å². The second-order valence-corrected chi connectivity index (χ2v) is 10.3. The van der Waals surface area contributed by atoms with Crippen LogP contribution in [0.25, 0.3) is 0 Å². The van der Waals surface area contributed by atoms with E-state index in [0.717, 1.165) is 76.6 Å². The average molecular weight is 457 g/mol. The first-order chi connectivity index (χ1) is 16.0. The Morgan fingerprint density at radius 1 is 1.03 bits per heavy atom. The highest BCUT2D eigenvalue weighted by atomic mass is 16.5. The number of piperidine rings is 2. The van der Waals surface area contributed by atoms with Gasteiger partial charge in [0, 0.05) is 37.7 Å². The summed E-state index contributed by atoms with van der Waals surface area (Å²) in [5, 5.41) is 0. The minimum absolute atomic E-state index is 0.0180. The molecule has 6 heteroatoms. The summed E-state index contributed by atoms with van der Waals surface area (Å²) >= 11 is 0. The normalized spacial score (nSPS) is 28.4. The molecule has 2 saturated heterocycles. The lowest BCUT2D eigenvalue weighted by Gasteiger charge is -2.46. The van der Waals surface area contributed by atoms with E-state index in [9.17, 15) is 14.4 Å². The highest BCUT2D eigenvalue weighted by Gasteiger charge is 2.53. The lowest BCUT2D eigenvalue weighted by Crippen LogP contribution is -2.53. The Balaban J connectivity index is 1.60. The van der Waals surface area contributed by atoms with Crippen molar-refractivity contribution in [1.82, 2.24) is 9.80 Å². The summed E-state index contributed by atoms with van der Waals surface area (Å²) in [4.78, 5) is 43.9. The number of hydrogen-bond acceptors (Lipinski definition) is 4. The Morgan fingerprint density at radius 2 is 1.79 bits per heavy atom. The largest absolute Gasteiger partial charge is 0.468 e. The summed E-state index contributed by atoms with van der Waals surface area (Å²) < 4.78 is 5.33. The van der Waals surface area contributed by atoms with Gasteiger partial charge in [-0.2, -0.15) is 0 Å². The number of methoxy groups -OCH3 is 1. The molecule has 0 aromatic heterocycles. The van der Waals surface area contributed by atoms with Gasteiger partial charge in [-0.05, 0) is 77.0 Å². The Kier molecular flexibility index (Phi) is 7.92. The van der Waals surface area contributed by atoms with Crippen LogP contribution in [-0.2, 0) is 19.1 Å². The fourth-order valence-electron chi connectivity index (χ4n) is 6.30. The topological polar surface area (TPSA) is 66.9 Å². The Bertz CT molecular complexity index is 811. The van der Waals surface area contributed by atoms with Crippen molar-refractivity contribution in [2.24, 2.45) is 11.3 Å². The van der Waals surface area contributed by atoms with Crippen LogP contribution in [0.4, 0.5) is 0 Å². The summed E-state index contributed by atoms with van der Waals surface area (Å²) in [6.45, 7) is 2.15. The van der Waals surface area contributed by atoms with Crippen LogP contribution in [0.3, 0.4) is 0 Å². The fraction of sp³-hybridized carbons (Fsp3) is 0.741. The van der Waals surface area contributed by atoms with Crippen LogP contribution in [0, 0.1) is 11.3 Å². The van der Waals surface area contributed by atoms with E-state index in [-0.39, 0.29) is 24.2 Å². The predicted molar refractivity (Wildman–Crippen MR) is 127 cm³/mol. The van der Waals surface area contributed by atoms with Crippen LogP contribution >= 0.6 is 0 Å². The molecule has 33 heavy (non-hydrogen) atoms. The number of carbonyl (C=O) groups is 3. The summed E-state index contributed by atoms with van der Waals surface area (Å²) in [7, 11) is 1.45. The standard InChI is InChI=1S/C27H40N2O4/c1-33-26(32)27-15-8-3-7-13-23(27)29(18-14-21-11-5-2-6-12-21)25(31)22(20-27)19-24(30)28-16-9-4-10-17-28/h11,13,22H,2-10,12,14-20H2,1H3/t22-,27+/m1/s1. The van der Waals surface area contributed by atoms with Gasteiger partial charge in [0.1, 0.15) is 5.41 Å². The molecule has 0 radical (unpaired) electrons. The van der Waals surface area contributed by atoms with Crippen molar-refractivity contribution in [3.63, 3.8) is 0 Å². The maximum absolute atomic E-state index is 13.8. The second kappa shape index (κ2) is 10.9. The Morgan fingerprint density at radius 3 is 2.52 bits per heavy atom. The number of amides is 2. The molecular weight excluding hydrogens is 416 g/mol. The van der Waals surface area contributed by atoms with E-state index in [1.54, 1.807) is 0 Å². The van der Waals surface area contributed by atoms with Crippen molar-refractivity contribution in [2.75, 3.05) is 26.7 Å². The first-order valence-electron chi connectivity index (χ1n) is 13.1. The molecule has 0 aromatic carbocycles. The highest BCUT2D eigenvalue weighted by molar-refractivity contribution is 5.92. The summed E-state index contributed by atoms with van der Waals surface area (Å²) in [6.07, 6.45) is 17.2. The average Bonchev–Trinajstić information content (AvgIpc) is 3.08. The van der Waals surface area contributed by atoms with E-state index in [4.69, 9.17) is 4.74 Å². The molecular formula is C27H40N2O4. The molecule has 182 valence electrons. The van der Waals surface area contributed by atoms with Gasteiger partial charge >= 0.3 is 5.97 Å². The molecule has 0 bridgehead atoms. The highest BCUT2D eigenvalue weighted by Crippen LogP contribution is 2.49. The lowest BCUT2D eigenvalue weighted by molar-refractivity contribution is -0.160. The number of allylic oxidation sites excluding steroid dienone is 2. The van der Waals surface area contributed by atoms with E-state index in [2.05, 4.69) is 12.2 Å². The number of nitrogens with zero attached hydrogens (tertiary/aromatic N) is 2. The van der Waals surface area contributed by atoms with Gasteiger partial charge in [0.15, 0.2) is 0 Å². The number of rotatable bonds is 6. The maximum atomic E-state index is 13.8. The smallest absolute Gasteiger partial charge is 0.317 e. The molecule has 0 saturated carbocycles. The van der Waals surface area contributed by atoms with Crippen molar-refractivity contribution in [1.29, 1.82) is 0 Å². The zero-order valence-electron chi connectivity index (χ0n) is 20.3. The molecule has 6 nitrogen and oxygen atoms in total. The van der Waals surface area contributed by atoms with Gasteiger partial charge in [-0.15, -0.1) is 0 Å². The molecule has 4 aliphatic rings. The number of hydrogen-bond donors (Lipinski definition) is 0. The van der Waals surface area contributed by atoms with E-state index in [0.29, 0.717) is 19.4 Å². The quantitative estimate of drug-likeness (QED) is 0.427. The second-order valence-electron chi connectivity index (χ2n) is 10.3. The zero-order chi connectivity index (χ0) is 23.3. The molecule has 2 amide bonds. The van der Waals surface area contributed by atoms with Gasteiger partial charge < -0.3 is 14.5 Å². The Labute approximate surface area is 198 Å². The van der Waals surface area contributed by atoms with Crippen molar-refractivity contribution >= 4 is 17.8 Å². The summed E-state index contributed by atoms with van der Waals surface area (Å²) in [5.41, 5.74) is 1.45. The van der Waals surface area contributed by atoms with Gasteiger partial charge in [0.05, 0.1) is 7.11 Å². The minimum Gasteiger partial charge on any atom is -0.468 e. The van der Waals surface area contributed by atoms with Crippen molar-refractivity contribution in [2.45, 2.75) is 89.9 Å². The monoisotopic (exact) mass is 456 g/mol. The molecule has 0 aromatic rings. The molecule has 2 heterocycles. The van der Waals surface area contributed by atoms with Gasteiger partial charge in [0.2, 0.25) is 11.8 Å². The predicted octanol–water partition coefficient (Wildman–Crippen LogP) is 4.75. The van der Waals surface area contributed by atoms with Gasteiger partial charge in [0.25, 0.3) is 0 Å². The third-order valence-corrected chi connectivity index (χ3v) is 8.13. The molecule has 0 unspecified atom stereocenters. The number of esters is 1. The summed E-state index contributed by atoms with van der Waals surface area (Å²) in [5.74, 6) is -0.636. The molecule has 2 aliphatic carbocycles. The fourth-order valence-corrected chi connectivity index (χ4v) is 6.30. The maximum Gasteiger partial charge on any atom is 0.317 e. The summed E-state index contributed by atoms with van der Waals surface area (Å²) in [6, 6.07) is 0. The van der Waals surface area contributed by atoms with E-state index in [1.807, 2.05) is 9.80 Å². The molecule has 4 rings (SSSR count).